The Morgan fingerprint density at radius 2 is 2.12 bits per heavy atom. The monoisotopic (exact) mass is 241 g/mol. The summed E-state index contributed by atoms with van der Waals surface area (Å²) in [4.78, 5) is 1.37. The lowest BCUT2D eigenvalue weighted by Gasteiger charge is -2.27. The van der Waals surface area contributed by atoms with E-state index >= 15 is 0 Å². The van der Waals surface area contributed by atoms with Crippen molar-refractivity contribution in [1.29, 1.82) is 0 Å². The van der Waals surface area contributed by atoms with Gasteiger partial charge in [0.15, 0.2) is 0 Å². The van der Waals surface area contributed by atoms with Crippen LogP contribution < -0.4 is 5.32 Å². The lowest BCUT2D eigenvalue weighted by molar-refractivity contribution is 0.189. The minimum absolute atomic E-state index is 0.206. The van der Waals surface area contributed by atoms with Crippen molar-refractivity contribution >= 4 is 11.3 Å². The second-order valence-electron chi connectivity index (χ2n) is 4.32. The molecule has 3 unspecified atom stereocenters. The van der Waals surface area contributed by atoms with Crippen molar-refractivity contribution in [2.24, 2.45) is 5.92 Å². The third-order valence-corrected chi connectivity index (χ3v) is 4.22. The quantitative estimate of drug-likeness (QED) is 0.768. The Kier molecular flexibility index (Phi) is 6.03. The Morgan fingerprint density at radius 1 is 1.38 bits per heavy atom. The number of nitrogens with one attached hydrogen (secondary N) is 1. The SMILES string of the molecule is CCC(NC(CO)C(C)CC)c1cccs1. The molecule has 0 aliphatic carbocycles. The largest absolute Gasteiger partial charge is 0.395 e. The standard InChI is InChI=1S/C13H23NOS/c1-4-10(3)12(9-15)14-11(5-2)13-7-6-8-16-13/h6-8,10-12,14-15H,4-5,9H2,1-3H3. The van der Waals surface area contributed by atoms with Crippen LogP contribution in [0.1, 0.15) is 44.5 Å². The molecule has 0 amide bonds. The number of hydrogen-bond acceptors (Lipinski definition) is 3. The summed E-state index contributed by atoms with van der Waals surface area (Å²) in [6, 6.07) is 4.83. The van der Waals surface area contributed by atoms with Gasteiger partial charge in [0.1, 0.15) is 0 Å². The third kappa shape index (κ3) is 3.58. The summed E-state index contributed by atoms with van der Waals surface area (Å²) in [5.41, 5.74) is 0. The molecule has 1 aromatic rings. The lowest BCUT2D eigenvalue weighted by Crippen LogP contribution is -2.40. The molecule has 0 aliphatic rings. The zero-order valence-corrected chi connectivity index (χ0v) is 11.3. The van der Waals surface area contributed by atoms with Crippen molar-refractivity contribution in [1.82, 2.24) is 5.32 Å². The molecule has 2 N–H and O–H groups in total. The highest BCUT2D eigenvalue weighted by Gasteiger charge is 2.19. The number of aliphatic hydroxyl groups is 1. The van der Waals surface area contributed by atoms with E-state index in [1.165, 1.54) is 4.88 Å². The van der Waals surface area contributed by atoms with E-state index in [2.05, 4.69) is 43.6 Å². The van der Waals surface area contributed by atoms with Crippen LogP contribution in [0.3, 0.4) is 0 Å². The second-order valence-corrected chi connectivity index (χ2v) is 5.30. The molecule has 16 heavy (non-hydrogen) atoms. The summed E-state index contributed by atoms with van der Waals surface area (Å²) in [5.74, 6) is 0.513. The molecule has 0 aromatic carbocycles. The van der Waals surface area contributed by atoms with E-state index < -0.39 is 0 Å². The van der Waals surface area contributed by atoms with Gasteiger partial charge in [-0.05, 0) is 23.8 Å². The summed E-state index contributed by atoms with van der Waals surface area (Å²) in [6.07, 6.45) is 2.16. The van der Waals surface area contributed by atoms with Crippen LogP contribution in [0, 0.1) is 5.92 Å². The van der Waals surface area contributed by atoms with Crippen LogP contribution in [-0.4, -0.2) is 17.8 Å². The average molecular weight is 241 g/mol. The van der Waals surface area contributed by atoms with E-state index in [9.17, 15) is 5.11 Å². The predicted octanol–water partition coefficient (Wildman–Crippen LogP) is 3.20. The van der Waals surface area contributed by atoms with Gasteiger partial charge in [-0.3, -0.25) is 0 Å². The van der Waals surface area contributed by atoms with E-state index in [1.807, 2.05) is 0 Å². The van der Waals surface area contributed by atoms with Gasteiger partial charge in [-0.25, -0.2) is 0 Å². The van der Waals surface area contributed by atoms with Crippen LogP contribution in [0.15, 0.2) is 17.5 Å². The van der Waals surface area contributed by atoms with Crippen molar-refractivity contribution in [3.8, 4) is 0 Å². The maximum absolute atomic E-state index is 9.41. The van der Waals surface area contributed by atoms with Gasteiger partial charge < -0.3 is 10.4 Å². The Bertz CT molecular complexity index is 273. The fourth-order valence-corrected chi connectivity index (χ4v) is 2.70. The molecular formula is C13H23NOS. The first-order valence-corrected chi connectivity index (χ1v) is 7.01. The van der Waals surface area contributed by atoms with Gasteiger partial charge in [0.05, 0.1) is 6.61 Å². The highest BCUT2D eigenvalue weighted by atomic mass is 32.1. The molecule has 0 fully saturated rings. The number of hydrogen-bond donors (Lipinski definition) is 2. The smallest absolute Gasteiger partial charge is 0.0587 e. The molecule has 3 heteroatoms. The number of rotatable bonds is 7. The van der Waals surface area contributed by atoms with Crippen molar-refractivity contribution in [2.45, 2.75) is 45.7 Å². The van der Waals surface area contributed by atoms with Crippen LogP contribution in [-0.2, 0) is 0 Å². The van der Waals surface area contributed by atoms with E-state index in [0.29, 0.717) is 12.0 Å². The first kappa shape index (κ1) is 13.7. The predicted molar refractivity (Wildman–Crippen MR) is 70.8 cm³/mol. The van der Waals surface area contributed by atoms with E-state index in [0.717, 1.165) is 12.8 Å². The van der Waals surface area contributed by atoms with Gasteiger partial charge in [0.2, 0.25) is 0 Å². The van der Waals surface area contributed by atoms with E-state index in [1.54, 1.807) is 11.3 Å². The second kappa shape index (κ2) is 7.05. The fourth-order valence-electron chi connectivity index (χ4n) is 1.83. The average Bonchev–Trinajstić information content (AvgIpc) is 2.83. The van der Waals surface area contributed by atoms with Crippen molar-refractivity contribution in [3.63, 3.8) is 0 Å². The fraction of sp³-hybridized carbons (Fsp3) is 0.692. The highest BCUT2D eigenvalue weighted by Crippen LogP contribution is 2.23. The minimum atomic E-state index is 0.206. The molecule has 92 valence electrons. The maximum atomic E-state index is 9.41. The first-order chi connectivity index (χ1) is 7.72. The van der Waals surface area contributed by atoms with Crippen molar-refractivity contribution < 1.29 is 5.11 Å². The normalized spacial score (nSPS) is 17.0. The summed E-state index contributed by atoms with van der Waals surface area (Å²) < 4.78 is 0. The summed E-state index contributed by atoms with van der Waals surface area (Å²) in [7, 11) is 0. The molecule has 1 heterocycles. The van der Waals surface area contributed by atoms with Crippen LogP contribution in [0.25, 0.3) is 0 Å². The lowest BCUT2D eigenvalue weighted by atomic mass is 9.98. The molecule has 0 saturated carbocycles. The Morgan fingerprint density at radius 3 is 2.56 bits per heavy atom. The summed E-state index contributed by atoms with van der Waals surface area (Å²) >= 11 is 1.78. The van der Waals surface area contributed by atoms with Gasteiger partial charge in [-0.15, -0.1) is 11.3 Å². The van der Waals surface area contributed by atoms with Crippen LogP contribution in [0.5, 0.6) is 0 Å². The maximum Gasteiger partial charge on any atom is 0.0587 e. The highest BCUT2D eigenvalue weighted by molar-refractivity contribution is 7.10. The van der Waals surface area contributed by atoms with Gasteiger partial charge in [0.25, 0.3) is 0 Å². The Balaban J connectivity index is 2.61. The van der Waals surface area contributed by atoms with Crippen LogP contribution in [0.2, 0.25) is 0 Å². The van der Waals surface area contributed by atoms with Gasteiger partial charge in [0, 0.05) is 17.0 Å². The molecule has 0 aliphatic heterocycles. The molecule has 1 aromatic heterocycles. The third-order valence-electron chi connectivity index (χ3n) is 3.24. The van der Waals surface area contributed by atoms with Crippen LogP contribution in [0.4, 0.5) is 0 Å². The molecular weight excluding hydrogens is 218 g/mol. The summed E-state index contributed by atoms with van der Waals surface area (Å²) in [6.45, 7) is 6.76. The molecule has 0 bridgehead atoms. The molecule has 2 nitrogen and oxygen atoms in total. The topological polar surface area (TPSA) is 32.3 Å². The molecule has 3 atom stereocenters. The Hall–Kier alpha value is -0.380. The molecule has 0 saturated heterocycles. The summed E-state index contributed by atoms with van der Waals surface area (Å²) in [5, 5.41) is 15.1. The zero-order valence-electron chi connectivity index (χ0n) is 10.4. The molecule has 1 rings (SSSR count). The Labute approximate surface area is 103 Å². The van der Waals surface area contributed by atoms with Gasteiger partial charge in [-0.2, -0.15) is 0 Å². The number of thiophene rings is 1. The first-order valence-electron chi connectivity index (χ1n) is 6.13. The van der Waals surface area contributed by atoms with Crippen LogP contribution >= 0.6 is 11.3 Å². The van der Waals surface area contributed by atoms with E-state index in [4.69, 9.17) is 0 Å². The minimum Gasteiger partial charge on any atom is -0.395 e. The van der Waals surface area contributed by atoms with E-state index in [-0.39, 0.29) is 12.6 Å². The van der Waals surface area contributed by atoms with Gasteiger partial charge >= 0.3 is 0 Å². The van der Waals surface area contributed by atoms with Crippen molar-refractivity contribution in [2.75, 3.05) is 6.61 Å². The molecule has 0 spiro atoms. The zero-order chi connectivity index (χ0) is 12.0. The van der Waals surface area contributed by atoms with Crippen molar-refractivity contribution in [3.05, 3.63) is 22.4 Å². The molecule has 0 radical (unpaired) electrons. The number of aliphatic hydroxyl groups excluding tert-OH is 1. The van der Waals surface area contributed by atoms with Gasteiger partial charge in [-0.1, -0.05) is 33.3 Å².